The van der Waals surface area contributed by atoms with Crippen LogP contribution in [-0.2, 0) is 14.3 Å². The number of nitrogens with zero attached hydrogens (tertiary/aromatic N) is 1. The summed E-state index contributed by atoms with van der Waals surface area (Å²) >= 11 is 0. The number of carbonyl (C=O) groups excluding carboxylic acids is 2. The van der Waals surface area contributed by atoms with Gasteiger partial charge in [0, 0.05) is 12.5 Å². The van der Waals surface area contributed by atoms with Crippen molar-refractivity contribution in [1.29, 1.82) is 0 Å². The minimum absolute atomic E-state index is 0.0176. The predicted octanol–water partition coefficient (Wildman–Crippen LogP) is 4.18. The van der Waals surface area contributed by atoms with E-state index in [4.69, 9.17) is 4.74 Å². The third-order valence-electron chi connectivity index (χ3n) is 7.48. The first-order chi connectivity index (χ1) is 16.9. The van der Waals surface area contributed by atoms with Gasteiger partial charge in [-0.25, -0.2) is 9.59 Å². The fraction of sp³-hybridized carbons (Fsp3) is 0.393. The second kappa shape index (κ2) is 9.56. The lowest BCUT2D eigenvalue weighted by Gasteiger charge is -2.37. The summed E-state index contributed by atoms with van der Waals surface area (Å²) < 4.78 is 5.62. The van der Waals surface area contributed by atoms with Gasteiger partial charge in [0.25, 0.3) is 0 Å². The van der Waals surface area contributed by atoms with Crippen LogP contribution in [0.15, 0.2) is 60.7 Å². The predicted molar refractivity (Wildman–Crippen MR) is 131 cm³/mol. The van der Waals surface area contributed by atoms with Crippen molar-refractivity contribution in [3.63, 3.8) is 0 Å². The van der Waals surface area contributed by atoms with Gasteiger partial charge in [-0.2, -0.15) is 0 Å². The average molecular weight is 475 g/mol. The molecular formula is C28H30N2O5. The second-order valence-electron chi connectivity index (χ2n) is 9.82. The van der Waals surface area contributed by atoms with E-state index in [0.29, 0.717) is 19.4 Å². The van der Waals surface area contributed by atoms with E-state index in [2.05, 4.69) is 29.6 Å². The highest BCUT2D eigenvalue weighted by Crippen LogP contribution is 2.44. The third kappa shape index (κ3) is 4.55. The number of nitrogens with one attached hydrogen (secondary N) is 1. The molecule has 0 aromatic heterocycles. The second-order valence-corrected chi connectivity index (χ2v) is 9.82. The smallest absolute Gasteiger partial charge is 0.407 e. The van der Waals surface area contributed by atoms with E-state index in [1.807, 2.05) is 31.2 Å². The van der Waals surface area contributed by atoms with Crippen molar-refractivity contribution in [3.8, 4) is 11.1 Å². The molecule has 4 atom stereocenters. The zero-order chi connectivity index (χ0) is 24.5. The van der Waals surface area contributed by atoms with E-state index in [1.165, 1.54) is 16.0 Å². The molecule has 182 valence electrons. The molecule has 7 heteroatoms. The summed E-state index contributed by atoms with van der Waals surface area (Å²) in [7, 11) is 0. The maximum atomic E-state index is 13.1. The summed E-state index contributed by atoms with van der Waals surface area (Å²) in [5.41, 5.74) is 4.64. The molecule has 0 bridgehead atoms. The Hall–Kier alpha value is -3.61. The van der Waals surface area contributed by atoms with Crippen molar-refractivity contribution < 1.29 is 24.2 Å². The summed E-state index contributed by atoms with van der Waals surface area (Å²) in [5.74, 6) is -1.32. The Kier molecular flexibility index (Phi) is 6.32. The first kappa shape index (κ1) is 23.1. The van der Waals surface area contributed by atoms with Gasteiger partial charge < -0.3 is 20.1 Å². The number of carboxylic acid groups (broad SMARTS) is 1. The standard InChI is InChI=1S/C28H30N2O5/c1-17-12-13-30(25(14-17)27(32)33)26(31)18-10-11-19(15-18)29-28(34)35-16-24-22-8-4-2-6-20(22)21-7-3-5-9-23(21)24/h2-11,17-19,24-25H,12-16H2,1H3,(H,29,34)(H,32,33). The maximum Gasteiger partial charge on any atom is 0.407 e. The van der Waals surface area contributed by atoms with E-state index in [9.17, 15) is 19.5 Å². The number of amides is 2. The first-order valence-corrected chi connectivity index (χ1v) is 12.3. The van der Waals surface area contributed by atoms with E-state index >= 15 is 0 Å². The van der Waals surface area contributed by atoms with Crippen molar-refractivity contribution >= 4 is 18.0 Å². The van der Waals surface area contributed by atoms with Crippen molar-refractivity contribution in [1.82, 2.24) is 10.2 Å². The van der Waals surface area contributed by atoms with Gasteiger partial charge in [-0.1, -0.05) is 67.6 Å². The molecule has 1 saturated heterocycles. The van der Waals surface area contributed by atoms with Gasteiger partial charge in [0.1, 0.15) is 12.6 Å². The lowest BCUT2D eigenvalue weighted by atomic mass is 9.91. The molecule has 35 heavy (non-hydrogen) atoms. The zero-order valence-corrected chi connectivity index (χ0v) is 19.7. The highest BCUT2D eigenvalue weighted by molar-refractivity contribution is 5.87. The Morgan fingerprint density at radius 3 is 2.31 bits per heavy atom. The fourth-order valence-electron chi connectivity index (χ4n) is 5.63. The molecule has 0 radical (unpaired) electrons. The van der Waals surface area contributed by atoms with E-state index in [1.54, 1.807) is 12.2 Å². The number of fused-ring (bicyclic) bond motifs is 3. The quantitative estimate of drug-likeness (QED) is 0.634. The molecule has 7 nitrogen and oxygen atoms in total. The minimum Gasteiger partial charge on any atom is -0.480 e. The highest BCUT2D eigenvalue weighted by Gasteiger charge is 2.38. The number of hydrogen-bond acceptors (Lipinski definition) is 4. The van der Waals surface area contributed by atoms with Crippen molar-refractivity contribution in [3.05, 3.63) is 71.8 Å². The number of rotatable bonds is 5. The molecule has 2 aromatic carbocycles. The topological polar surface area (TPSA) is 95.9 Å². The molecule has 1 fully saturated rings. The Morgan fingerprint density at radius 2 is 1.66 bits per heavy atom. The highest BCUT2D eigenvalue weighted by atomic mass is 16.5. The van der Waals surface area contributed by atoms with Gasteiger partial charge in [0.05, 0.1) is 12.0 Å². The SMILES string of the molecule is CC1CCN(C(=O)C2C=CC(NC(=O)OCC3c4ccccc4-c4ccccc43)C2)C(C(=O)O)C1. The number of likely N-dealkylation sites (tertiary alicyclic amines) is 1. The number of carboxylic acids is 1. The largest absolute Gasteiger partial charge is 0.480 e. The molecule has 3 aliphatic rings. The molecule has 4 unspecified atom stereocenters. The van der Waals surface area contributed by atoms with Gasteiger partial charge in [-0.05, 0) is 47.4 Å². The van der Waals surface area contributed by atoms with Crippen LogP contribution in [0.5, 0.6) is 0 Å². The Labute approximate surface area is 204 Å². The average Bonchev–Trinajstić information content (AvgIpc) is 3.45. The van der Waals surface area contributed by atoms with Gasteiger partial charge in [-0.3, -0.25) is 4.79 Å². The Bertz CT molecular complexity index is 1130. The summed E-state index contributed by atoms with van der Waals surface area (Å²) in [6, 6.07) is 15.2. The molecule has 5 rings (SSSR count). The third-order valence-corrected chi connectivity index (χ3v) is 7.48. The fourth-order valence-corrected chi connectivity index (χ4v) is 5.63. The number of carbonyl (C=O) groups is 3. The summed E-state index contributed by atoms with van der Waals surface area (Å²) in [6.45, 7) is 2.69. The molecule has 2 aliphatic carbocycles. The normalized spacial score (nSPS) is 25.1. The molecule has 2 N–H and O–H groups in total. The number of alkyl carbamates (subject to hydrolysis) is 1. The van der Waals surface area contributed by atoms with E-state index in [-0.39, 0.29) is 30.4 Å². The summed E-state index contributed by atoms with van der Waals surface area (Å²) in [5, 5.41) is 12.4. The zero-order valence-electron chi connectivity index (χ0n) is 19.7. The summed E-state index contributed by atoms with van der Waals surface area (Å²) in [6.07, 6.45) is 4.72. The van der Waals surface area contributed by atoms with Gasteiger partial charge in [0.2, 0.25) is 5.91 Å². The summed E-state index contributed by atoms with van der Waals surface area (Å²) in [4.78, 5) is 38.8. The Morgan fingerprint density at radius 1 is 1.00 bits per heavy atom. The molecule has 1 heterocycles. The van der Waals surface area contributed by atoms with Gasteiger partial charge in [0.15, 0.2) is 0 Å². The number of aliphatic carboxylic acids is 1. The molecular weight excluding hydrogens is 444 g/mol. The monoisotopic (exact) mass is 474 g/mol. The number of benzene rings is 2. The lowest BCUT2D eigenvalue weighted by Crippen LogP contribution is -2.51. The number of hydrogen-bond donors (Lipinski definition) is 2. The van der Waals surface area contributed by atoms with Crippen LogP contribution >= 0.6 is 0 Å². The van der Waals surface area contributed by atoms with E-state index < -0.39 is 24.0 Å². The van der Waals surface area contributed by atoms with Gasteiger partial charge >= 0.3 is 12.1 Å². The van der Waals surface area contributed by atoms with Crippen LogP contribution < -0.4 is 5.32 Å². The first-order valence-electron chi connectivity index (χ1n) is 12.3. The number of piperidine rings is 1. The van der Waals surface area contributed by atoms with Crippen LogP contribution in [0.1, 0.15) is 43.2 Å². The Balaban J connectivity index is 1.16. The van der Waals surface area contributed by atoms with Crippen LogP contribution in [0, 0.1) is 11.8 Å². The minimum atomic E-state index is -0.958. The molecule has 0 saturated carbocycles. The van der Waals surface area contributed by atoms with Crippen LogP contribution in [0.4, 0.5) is 4.79 Å². The van der Waals surface area contributed by atoms with Crippen molar-refractivity contribution in [2.45, 2.75) is 44.2 Å². The molecule has 2 aromatic rings. The molecule has 1 aliphatic heterocycles. The molecule has 0 spiro atoms. The van der Waals surface area contributed by atoms with Crippen molar-refractivity contribution in [2.24, 2.45) is 11.8 Å². The van der Waals surface area contributed by atoms with Crippen LogP contribution in [0.25, 0.3) is 11.1 Å². The van der Waals surface area contributed by atoms with Crippen LogP contribution in [-0.4, -0.2) is 53.2 Å². The van der Waals surface area contributed by atoms with Gasteiger partial charge in [-0.15, -0.1) is 0 Å². The number of ether oxygens (including phenoxy) is 1. The maximum absolute atomic E-state index is 13.1. The van der Waals surface area contributed by atoms with Crippen molar-refractivity contribution in [2.75, 3.05) is 13.2 Å². The lowest BCUT2D eigenvalue weighted by molar-refractivity contribution is -0.154. The van der Waals surface area contributed by atoms with E-state index in [0.717, 1.165) is 17.5 Å². The van der Waals surface area contributed by atoms with Crippen LogP contribution in [0.3, 0.4) is 0 Å². The van der Waals surface area contributed by atoms with Crippen LogP contribution in [0.2, 0.25) is 0 Å². The molecule has 2 amide bonds.